The molecule has 0 radical (unpaired) electrons. The van der Waals surface area contributed by atoms with Gasteiger partial charge in [-0.3, -0.25) is 0 Å². The van der Waals surface area contributed by atoms with Crippen LogP contribution in [0.25, 0.3) is 0 Å². The van der Waals surface area contributed by atoms with Crippen LogP contribution in [0, 0.1) is 5.92 Å². The molecule has 0 aliphatic heterocycles. The van der Waals surface area contributed by atoms with E-state index in [-0.39, 0.29) is 28.3 Å². The number of rotatable bonds is 8. The smallest absolute Gasteiger partial charge is 0.250 e. The van der Waals surface area contributed by atoms with Crippen molar-refractivity contribution in [2.75, 3.05) is 0 Å². The molecule has 0 bridgehead atoms. The zero-order valence-electron chi connectivity index (χ0n) is 17.9. The molecule has 0 amide bonds. The van der Waals surface area contributed by atoms with Crippen LogP contribution in [0.5, 0.6) is 0 Å². The number of hydrogen-bond donors (Lipinski definition) is 1. The lowest BCUT2D eigenvalue weighted by Gasteiger charge is -2.19. The Bertz CT molecular complexity index is 878. The summed E-state index contributed by atoms with van der Waals surface area (Å²) in [6.45, 7) is 13.0. The van der Waals surface area contributed by atoms with Gasteiger partial charge in [0.15, 0.2) is 5.82 Å². The van der Waals surface area contributed by atoms with Gasteiger partial charge in [-0.1, -0.05) is 72.2 Å². The van der Waals surface area contributed by atoms with Gasteiger partial charge in [0.05, 0.1) is 11.8 Å². The molecule has 1 aromatic carbocycles. The summed E-state index contributed by atoms with van der Waals surface area (Å²) in [6, 6.07) is 7.43. The van der Waals surface area contributed by atoms with Crippen molar-refractivity contribution in [3.8, 4) is 0 Å². The second-order valence-corrected chi connectivity index (χ2v) is 10.8. The highest BCUT2D eigenvalue weighted by atomic mass is 32.2. The summed E-state index contributed by atoms with van der Waals surface area (Å²) in [7, 11) is -3.63. The van der Waals surface area contributed by atoms with Gasteiger partial charge in [0, 0.05) is 6.54 Å². The first-order chi connectivity index (χ1) is 13.0. The number of hydrogen-bond acceptors (Lipinski definition) is 5. The summed E-state index contributed by atoms with van der Waals surface area (Å²) < 4.78 is 27.9. The molecule has 2 N–H and O–H groups in total. The Morgan fingerprint density at radius 2 is 1.71 bits per heavy atom. The minimum Gasteiger partial charge on any atom is -0.321 e. The van der Waals surface area contributed by atoms with E-state index in [9.17, 15) is 8.42 Å². The molecule has 0 spiro atoms. The van der Waals surface area contributed by atoms with Gasteiger partial charge >= 0.3 is 0 Å². The Hall–Kier alpha value is -1.73. The fraction of sp³-hybridized carbons (Fsp3) is 0.619. The Kier molecular flexibility index (Phi) is 7.04. The van der Waals surface area contributed by atoms with E-state index in [0.717, 1.165) is 18.4 Å². The van der Waals surface area contributed by atoms with E-state index in [0.29, 0.717) is 12.4 Å². The topological polar surface area (TPSA) is 90.9 Å². The third-order valence-electron chi connectivity index (χ3n) is 4.68. The van der Waals surface area contributed by atoms with Crippen LogP contribution >= 0.6 is 0 Å². The molecule has 1 aromatic heterocycles. The highest BCUT2D eigenvalue weighted by molar-refractivity contribution is 7.90. The first-order valence-corrected chi connectivity index (χ1v) is 11.6. The minimum absolute atomic E-state index is 0.0163. The SMILES string of the molecule is CCCC(N)c1nnc(S(=O)(=O)Cc2ccc(C(C)(C)C)cc2)n1CC(C)C. The van der Waals surface area contributed by atoms with Crippen molar-refractivity contribution in [3.63, 3.8) is 0 Å². The van der Waals surface area contributed by atoms with Crippen molar-refractivity contribution < 1.29 is 8.42 Å². The molecule has 0 saturated carbocycles. The van der Waals surface area contributed by atoms with Gasteiger partial charge in [0.1, 0.15) is 0 Å². The number of aromatic nitrogens is 3. The molecule has 2 aromatic rings. The van der Waals surface area contributed by atoms with E-state index in [2.05, 4.69) is 31.0 Å². The highest BCUT2D eigenvalue weighted by Gasteiger charge is 2.27. The van der Waals surface area contributed by atoms with Crippen molar-refractivity contribution in [2.24, 2.45) is 11.7 Å². The van der Waals surface area contributed by atoms with Crippen LogP contribution in [0.4, 0.5) is 0 Å². The summed E-state index contributed by atoms with van der Waals surface area (Å²) in [5, 5.41) is 8.21. The molecule has 0 aliphatic carbocycles. The first kappa shape index (κ1) is 22.6. The molecule has 28 heavy (non-hydrogen) atoms. The van der Waals surface area contributed by atoms with Gasteiger partial charge in [-0.15, -0.1) is 10.2 Å². The average Bonchev–Trinajstić information content (AvgIpc) is 2.98. The molecule has 1 atom stereocenters. The molecule has 1 heterocycles. The van der Waals surface area contributed by atoms with Gasteiger partial charge in [0.25, 0.3) is 0 Å². The molecular weight excluding hydrogens is 372 g/mol. The zero-order chi connectivity index (χ0) is 21.1. The number of nitrogens with zero attached hydrogens (tertiary/aromatic N) is 3. The summed E-state index contributed by atoms with van der Waals surface area (Å²) in [6.07, 6.45) is 1.64. The fourth-order valence-electron chi connectivity index (χ4n) is 3.17. The fourth-order valence-corrected chi connectivity index (χ4v) is 4.60. The average molecular weight is 407 g/mol. The molecule has 7 heteroatoms. The minimum atomic E-state index is -3.63. The third kappa shape index (κ3) is 5.41. The van der Waals surface area contributed by atoms with E-state index in [1.165, 1.54) is 5.56 Å². The lowest BCUT2D eigenvalue weighted by molar-refractivity contribution is 0.449. The Labute approximate surface area is 169 Å². The highest BCUT2D eigenvalue weighted by Crippen LogP contribution is 2.25. The van der Waals surface area contributed by atoms with Crippen molar-refractivity contribution in [2.45, 2.75) is 83.3 Å². The quantitative estimate of drug-likeness (QED) is 0.715. The van der Waals surface area contributed by atoms with Crippen LogP contribution in [-0.4, -0.2) is 23.2 Å². The maximum absolute atomic E-state index is 13.1. The maximum Gasteiger partial charge on any atom is 0.250 e. The van der Waals surface area contributed by atoms with E-state index in [1.807, 2.05) is 45.0 Å². The predicted octanol–water partition coefficient (Wildman–Crippen LogP) is 4.01. The van der Waals surface area contributed by atoms with Gasteiger partial charge in [-0.2, -0.15) is 0 Å². The van der Waals surface area contributed by atoms with Gasteiger partial charge in [-0.05, 0) is 28.9 Å². The molecule has 0 aliphatic rings. The monoisotopic (exact) mass is 406 g/mol. The van der Waals surface area contributed by atoms with Gasteiger partial charge in [0.2, 0.25) is 15.0 Å². The van der Waals surface area contributed by atoms with Crippen molar-refractivity contribution in [1.82, 2.24) is 14.8 Å². The Balaban J connectivity index is 2.36. The normalized spacial score (nSPS) is 13.9. The van der Waals surface area contributed by atoms with E-state index in [1.54, 1.807) is 4.57 Å². The summed E-state index contributed by atoms with van der Waals surface area (Å²) in [5.74, 6) is 0.706. The maximum atomic E-state index is 13.1. The van der Waals surface area contributed by atoms with Gasteiger partial charge in [-0.25, -0.2) is 8.42 Å². The number of sulfone groups is 1. The molecule has 6 nitrogen and oxygen atoms in total. The second-order valence-electron chi connectivity index (χ2n) is 8.95. The molecule has 0 fully saturated rings. The molecule has 2 rings (SSSR count). The largest absolute Gasteiger partial charge is 0.321 e. The first-order valence-electron chi connectivity index (χ1n) is 9.96. The van der Waals surface area contributed by atoms with Crippen LogP contribution in [0.2, 0.25) is 0 Å². The van der Waals surface area contributed by atoms with Crippen molar-refractivity contribution >= 4 is 9.84 Å². The number of nitrogens with two attached hydrogens (primary N) is 1. The second kappa shape index (κ2) is 8.74. The lowest BCUT2D eigenvalue weighted by atomic mass is 9.87. The predicted molar refractivity (Wildman–Crippen MR) is 113 cm³/mol. The molecular formula is C21H34N4O2S. The van der Waals surface area contributed by atoms with Gasteiger partial charge < -0.3 is 10.3 Å². The van der Waals surface area contributed by atoms with Crippen LogP contribution in [0.15, 0.2) is 29.4 Å². The van der Waals surface area contributed by atoms with Crippen LogP contribution in [0.1, 0.15) is 77.4 Å². The standard InChI is InChI=1S/C21H34N4O2S/c1-7-8-18(22)19-23-24-20(25(19)13-15(2)3)28(26,27)14-16-9-11-17(12-10-16)21(4,5)6/h9-12,15,18H,7-8,13-14,22H2,1-6H3. The van der Waals surface area contributed by atoms with E-state index >= 15 is 0 Å². The zero-order valence-corrected chi connectivity index (χ0v) is 18.8. The van der Waals surface area contributed by atoms with Crippen molar-refractivity contribution in [1.29, 1.82) is 0 Å². The van der Waals surface area contributed by atoms with Crippen LogP contribution < -0.4 is 5.73 Å². The van der Waals surface area contributed by atoms with E-state index < -0.39 is 9.84 Å². The summed E-state index contributed by atoms with van der Waals surface area (Å²) in [4.78, 5) is 0. The molecule has 156 valence electrons. The summed E-state index contributed by atoms with van der Waals surface area (Å²) in [5.41, 5.74) is 8.17. The summed E-state index contributed by atoms with van der Waals surface area (Å²) >= 11 is 0. The Morgan fingerprint density at radius 1 is 1.11 bits per heavy atom. The van der Waals surface area contributed by atoms with Crippen molar-refractivity contribution in [3.05, 3.63) is 41.2 Å². The van der Waals surface area contributed by atoms with Crippen LogP contribution in [-0.2, 0) is 27.5 Å². The molecule has 1 unspecified atom stereocenters. The number of benzene rings is 1. The van der Waals surface area contributed by atoms with E-state index in [4.69, 9.17) is 5.73 Å². The van der Waals surface area contributed by atoms with Crippen LogP contribution in [0.3, 0.4) is 0 Å². The molecule has 0 saturated heterocycles. The third-order valence-corrected chi connectivity index (χ3v) is 6.25. The lowest BCUT2D eigenvalue weighted by Crippen LogP contribution is -2.21. The Morgan fingerprint density at radius 3 is 2.21 bits per heavy atom.